The minimum absolute atomic E-state index is 0.180. The van der Waals surface area contributed by atoms with Crippen molar-refractivity contribution in [2.24, 2.45) is 5.92 Å². The van der Waals surface area contributed by atoms with Crippen molar-refractivity contribution < 1.29 is 14.7 Å². The Hall–Kier alpha value is -3.05. The highest BCUT2D eigenvalue weighted by Crippen LogP contribution is 2.32. The Balaban J connectivity index is 1.35. The summed E-state index contributed by atoms with van der Waals surface area (Å²) >= 11 is 1.54. The summed E-state index contributed by atoms with van der Waals surface area (Å²) in [6, 6.07) is 1.44. The smallest absolute Gasteiger partial charge is 0.404 e. The molecule has 0 bridgehead atoms. The number of likely N-dealkylation sites (tertiary alicyclic amines) is 1. The van der Waals surface area contributed by atoms with Gasteiger partial charge in [-0.25, -0.2) is 19.3 Å². The Kier molecular flexibility index (Phi) is 5.75. The zero-order valence-electron chi connectivity index (χ0n) is 17.5. The van der Waals surface area contributed by atoms with Gasteiger partial charge in [-0.15, -0.1) is 11.3 Å². The van der Waals surface area contributed by atoms with Gasteiger partial charge in [-0.2, -0.15) is 5.10 Å². The van der Waals surface area contributed by atoms with Crippen LogP contribution < -0.4 is 10.6 Å². The molecule has 0 spiro atoms. The average Bonchev–Trinajstić information content (AvgIpc) is 3.33. The highest BCUT2D eigenvalue weighted by Gasteiger charge is 2.33. The van der Waals surface area contributed by atoms with Crippen molar-refractivity contribution in [2.45, 2.75) is 44.3 Å². The largest absolute Gasteiger partial charge is 0.465 e. The number of nitrogens with zero attached hydrogens (tertiary/aromatic N) is 5. The molecule has 2 aliphatic rings. The molecule has 10 nitrogen and oxygen atoms in total. The van der Waals surface area contributed by atoms with E-state index in [0.29, 0.717) is 30.9 Å². The molecule has 2 atom stereocenters. The number of thiazole rings is 1. The summed E-state index contributed by atoms with van der Waals surface area (Å²) in [6.07, 6.45) is 8.61. The van der Waals surface area contributed by atoms with Gasteiger partial charge in [0.1, 0.15) is 10.5 Å². The van der Waals surface area contributed by atoms with Crippen molar-refractivity contribution in [1.29, 1.82) is 0 Å². The molecule has 2 amide bonds. The number of amides is 2. The predicted octanol–water partition coefficient (Wildman–Crippen LogP) is 2.44. The fourth-order valence-electron chi connectivity index (χ4n) is 4.20. The normalized spacial score (nSPS) is 21.1. The van der Waals surface area contributed by atoms with E-state index in [-0.39, 0.29) is 18.1 Å². The second-order valence-electron chi connectivity index (χ2n) is 8.35. The summed E-state index contributed by atoms with van der Waals surface area (Å²) in [5.74, 6) is 1.06. The van der Waals surface area contributed by atoms with Crippen molar-refractivity contribution in [3.63, 3.8) is 0 Å². The third kappa shape index (κ3) is 4.44. The quantitative estimate of drug-likeness (QED) is 0.500. The Labute approximate surface area is 188 Å². The van der Waals surface area contributed by atoms with E-state index >= 15 is 0 Å². The Morgan fingerprint density at radius 1 is 1.28 bits per heavy atom. The molecule has 2 fully saturated rings. The van der Waals surface area contributed by atoms with E-state index in [1.165, 1.54) is 24.2 Å². The monoisotopic (exact) mass is 455 g/mol. The number of carbonyl (C=O) groups is 2. The summed E-state index contributed by atoms with van der Waals surface area (Å²) < 4.78 is 1.76. The van der Waals surface area contributed by atoms with Crippen LogP contribution in [0.15, 0.2) is 30.0 Å². The number of fused-ring (bicyclic) bond motifs is 1. The summed E-state index contributed by atoms with van der Waals surface area (Å²) in [5.41, 5.74) is 1.11. The maximum atomic E-state index is 13.4. The maximum absolute atomic E-state index is 13.4. The van der Waals surface area contributed by atoms with E-state index < -0.39 is 6.09 Å². The van der Waals surface area contributed by atoms with Crippen molar-refractivity contribution in [3.05, 3.63) is 35.7 Å². The summed E-state index contributed by atoms with van der Waals surface area (Å²) in [6.45, 7) is 1.26. The molecule has 1 aliphatic carbocycles. The average molecular weight is 456 g/mol. The lowest BCUT2D eigenvalue weighted by Gasteiger charge is -2.39. The summed E-state index contributed by atoms with van der Waals surface area (Å²) in [5, 5.41) is 21.4. The molecule has 3 N–H and O–H groups in total. The van der Waals surface area contributed by atoms with Crippen LogP contribution >= 0.6 is 11.3 Å². The van der Waals surface area contributed by atoms with Crippen molar-refractivity contribution in [2.75, 3.05) is 13.1 Å². The highest BCUT2D eigenvalue weighted by molar-refractivity contribution is 7.16. The first-order valence-electron chi connectivity index (χ1n) is 10.9. The molecule has 32 heavy (non-hydrogen) atoms. The van der Waals surface area contributed by atoms with E-state index in [1.54, 1.807) is 27.9 Å². The molecule has 1 saturated heterocycles. The van der Waals surface area contributed by atoms with Gasteiger partial charge < -0.3 is 15.3 Å². The van der Waals surface area contributed by atoms with Gasteiger partial charge in [-0.05, 0) is 31.4 Å². The van der Waals surface area contributed by atoms with Crippen LogP contribution in [0.2, 0.25) is 0 Å². The van der Waals surface area contributed by atoms with Crippen LogP contribution in [0.25, 0.3) is 16.2 Å². The van der Waals surface area contributed by atoms with Crippen LogP contribution in [-0.4, -0.2) is 66.9 Å². The van der Waals surface area contributed by atoms with Crippen molar-refractivity contribution >= 4 is 28.2 Å². The summed E-state index contributed by atoms with van der Waals surface area (Å²) in [7, 11) is 0. The SMILES string of the molecule is O=C(O)NC1CCN(C(=O)c2ccnc(-c3cnn4ccsc34)n2)C(NCCC2CC2)C1. The number of hydrogen-bond acceptors (Lipinski definition) is 7. The molecule has 11 heteroatoms. The molecule has 3 aromatic heterocycles. The van der Waals surface area contributed by atoms with Gasteiger partial charge in [-0.1, -0.05) is 12.8 Å². The second-order valence-corrected chi connectivity index (χ2v) is 9.24. The molecular formula is C21H25N7O3S. The first-order chi connectivity index (χ1) is 15.6. The number of carboxylic acid groups (broad SMARTS) is 1. The Morgan fingerprint density at radius 2 is 2.16 bits per heavy atom. The van der Waals surface area contributed by atoms with E-state index in [9.17, 15) is 9.59 Å². The third-order valence-electron chi connectivity index (χ3n) is 6.07. The molecule has 4 heterocycles. The van der Waals surface area contributed by atoms with E-state index in [2.05, 4.69) is 25.7 Å². The molecule has 0 aromatic carbocycles. The van der Waals surface area contributed by atoms with Crippen LogP contribution in [0.3, 0.4) is 0 Å². The molecule has 5 rings (SSSR count). The van der Waals surface area contributed by atoms with Gasteiger partial charge in [0, 0.05) is 36.8 Å². The van der Waals surface area contributed by atoms with Crippen molar-refractivity contribution in [3.8, 4) is 11.4 Å². The molecule has 1 aliphatic heterocycles. The topological polar surface area (TPSA) is 125 Å². The molecule has 3 aromatic rings. The van der Waals surface area contributed by atoms with Crippen molar-refractivity contribution in [1.82, 2.24) is 35.1 Å². The van der Waals surface area contributed by atoms with Gasteiger partial charge >= 0.3 is 6.09 Å². The van der Waals surface area contributed by atoms with Gasteiger partial charge in [0.2, 0.25) is 0 Å². The Bertz CT molecular complexity index is 1130. The van der Waals surface area contributed by atoms with Gasteiger partial charge in [0.15, 0.2) is 5.82 Å². The molecule has 168 valence electrons. The van der Waals surface area contributed by atoms with Crippen LogP contribution in [0.1, 0.15) is 42.6 Å². The minimum atomic E-state index is -1.03. The van der Waals surface area contributed by atoms with Crippen LogP contribution in [-0.2, 0) is 0 Å². The summed E-state index contributed by atoms with van der Waals surface area (Å²) in [4.78, 5) is 36.2. The maximum Gasteiger partial charge on any atom is 0.404 e. The van der Waals surface area contributed by atoms with E-state index in [1.807, 2.05) is 11.6 Å². The fraction of sp³-hybridized carbons (Fsp3) is 0.476. The second kappa shape index (κ2) is 8.83. The van der Waals surface area contributed by atoms with E-state index in [4.69, 9.17) is 5.11 Å². The van der Waals surface area contributed by atoms with Gasteiger partial charge in [-0.3, -0.25) is 10.1 Å². The fourth-order valence-corrected chi connectivity index (χ4v) is 5.00. The Morgan fingerprint density at radius 3 is 2.97 bits per heavy atom. The number of nitrogens with one attached hydrogen (secondary N) is 2. The molecule has 0 radical (unpaired) electrons. The number of rotatable bonds is 7. The lowest BCUT2D eigenvalue weighted by Crippen LogP contribution is -2.57. The standard InChI is InChI=1S/C21H25N7O3S/c29-19(16-4-7-23-18(26-16)15-12-24-28-9-10-32-20(15)28)27-8-5-14(25-21(30)31)11-17(27)22-6-3-13-1-2-13/h4,7,9-10,12-14,17,22,25H,1-3,5-6,8,11H2,(H,30,31). The van der Waals surface area contributed by atoms with Crippen LogP contribution in [0.5, 0.6) is 0 Å². The third-order valence-corrected chi connectivity index (χ3v) is 6.96. The van der Waals surface area contributed by atoms with Gasteiger partial charge in [0.25, 0.3) is 5.91 Å². The van der Waals surface area contributed by atoms with Crippen LogP contribution in [0.4, 0.5) is 4.79 Å². The lowest BCUT2D eigenvalue weighted by atomic mass is 10.0. The predicted molar refractivity (Wildman–Crippen MR) is 118 cm³/mol. The van der Waals surface area contributed by atoms with Gasteiger partial charge in [0.05, 0.1) is 17.9 Å². The molecule has 1 saturated carbocycles. The lowest BCUT2D eigenvalue weighted by molar-refractivity contribution is 0.0514. The molecule has 2 unspecified atom stereocenters. The first-order valence-corrected chi connectivity index (χ1v) is 11.7. The number of piperidine rings is 1. The first kappa shape index (κ1) is 20.8. The number of hydrogen-bond donors (Lipinski definition) is 3. The highest BCUT2D eigenvalue weighted by atomic mass is 32.1. The number of carbonyl (C=O) groups excluding carboxylic acids is 1. The zero-order valence-corrected chi connectivity index (χ0v) is 18.3. The van der Waals surface area contributed by atoms with E-state index in [0.717, 1.165) is 29.3 Å². The zero-order chi connectivity index (χ0) is 22.1. The molecular weight excluding hydrogens is 430 g/mol. The minimum Gasteiger partial charge on any atom is -0.465 e. The van der Waals surface area contributed by atoms with Crippen LogP contribution in [0, 0.1) is 5.92 Å². The number of aromatic nitrogens is 4.